The molecule has 5 rings (SSSR count). The Morgan fingerprint density at radius 3 is 2.14 bits per heavy atom. The van der Waals surface area contributed by atoms with Crippen molar-refractivity contribution in [2.45, 2.75) is 32.1 Å². The van der Waals surface area contributed by atoms with Gasteiger partial charge in [0.1, 0.15) is 0 Å². The summed E-state index contributed by atoms with van der Waals surface area (Å²) in [6.45, 7) is 0. The molecule has 0 aromatic carbocycles. The molecule has 4 bridgehead atoms. The molecule has 4 aliphatic carbocycles. The standard InChI is InChI=1S/C17H20O4/c1-20-17(19)14-3-2-13(21-14)16(18)15-11-5-9-4-10(7-11)8-12(15)6-9/h2-3,9-12,15H,4-8H2,1H3. The maximum absolute atomic E-state index is 12.8. The van der Waals surface area contributed by atoms with Gasteiger partial charge in [-0.15, -0.1) is 0 Å². The second kappa shape index (κ2) is 4.72. The number of esters is 1. The molecule has 21 heavy (non-hydrogen) atoms. The zero-order valence-corrected chi connectivity index (χ0v) is 12.2. The smallest absolute Gasteiger partial charge is 0.373 e. The summed E-state index contributed by atoms with van der Waals surface area (Å²) in [5, 5.41) is 0. The molecule has 0 unspecified atom stereocenters. The molecule has 4 nitrogen and oxygen atoms in total. The summed E-state index contributed by atoms with van der Waals surface area (Å²) in [7, 11) is 1.31. The van der Waals surface area contributed by atoms with Gasteiger partial charge in [-0.05, 0) is 67.9 Å². The van der Waals surface area contributed by atoms with Crippen molar-refractivity contribution in [2.24, 2.45) is 29.6 Å². The largest absolute Gasteiger partial charge is 0.463 e. The zero-order valence-electron chi connectivity index (χ0n) is 12.2. The van der Waals surface area contributed by atoms with E-state index >= 15 is 0 Å². The lowest BCUT2D eigenvalue weighted by atomic mass is 9.51. The van der Waals surface area contributed by atoms with Crippen molar-refractivity contribution in [1.29, 1.82) is 0 Å². The van der Waals surface area contributed by atoms with Crippen LogP contribution in [-0.2, 0) is 4.74 Å². The van der Waals surface area contributed by atoms with E-state index in [9.17, 15) is 9.59 Å². The van der Waals surface area contributed by atoms with E-state index in [1.807, 2.05) is 0 Å². The zero-order chi connectivity index (χ0) is 14.6. The van der Waals surface area contributed by atoms with E-state index < -0.39 is 5.97 Å². The molecule has 0 aliphatic heterocycles. The first-order chi connectivity index (χ1) is 10.2. The van der Waals surface area contributed by atoms with E-state index in [2.05, 4.69) is 4.74 Å². The number of methoxy groups -OCH3 is 1. The molecule has 4 heteroatoms. The molecule has 0 radical (unpaired) electrons. The third kappa shape index (κ3) is 2.03. The minimum atomic E-state index is -0.529. The Hall–Kier alpha value is -1.58. The number of carbonyl (C=O) groups is 2. The van der Waals surface area contributed by atoms with Crippen LogP contribution in [0, 0.1) is 29.6 Å². The van der Waals surface area contributed by atoms with Gasteiger partial charge in [-0.2, -0.15) is 0 Å². The topological polar surface area (TPSA) is 56.5 Å². The van der Waals surface area contributed by atoms with Crippen molar-refractivity contribution in [2.75, 3.05) is 7.11 Å². The van der Waals surface area contributed by atoms with Crippen molar-refractivity contribution >= 4 is 11.8 Å². The number of furan rings is 1. The summed E-state index contributed by atoms with van der Waals surface area (Å²) < 4.78 is 10.1. The molecular weight excluding hydrogens is 268 g/mol. The number of ether oxygens (including phenoxy) is 1. The van der Waals surface area contributed by atoms with Crippen molar-refractivity contribution in [3.8, 4) is 0 Å². The molecule has 0 atom stereocenters. The molecule has 0 spiro atoms. The molecule has 4 aliphatic rings. The highest BCUT2D eigenvalue weighted by Crippen LogP contribution is 2.57. The van der Waals surface area contributed by atoms with Crippen LogP contribution in [0.3, 0.4) is 0 Å². The Morgan fingerprint density at radius 1 is 1.00 bits per heavy atom. The van der Waals surface area contributed by atoms with Crippen molar-refractivity contribution < 1.29 is 18.7 Å². The van der Waals surface area contributed by atoms with Crippen LogP contribution in [0.2, 0.25) is 0 Å². The van der Waals surface area contributed by atoms with Gasteiger partial charge in [-0.3, -0.25) is 4.79 Å². The third-order valence-corrected chi connectivity index (χ3v) is 5.76. The van der Waals surface area contributed by atoms with Gasteiger partial charge >= 0.3 is 5.97 Å². The Morgan fingerprint density at radius 2 is 1.57 bits per heavy atom. The lowest BCUT2D eigenvalue weighted by Crippen LogP contribution is -2.47. The minimum Gasteiger partial charge on any atom is -0.463 e. The van der Waals surface area contributed by atoms with Crippen LogP contribution in [0.25, 0.3) is 0 Å². The highest BCUT2D eigenvalue weighted by molar-refractivity contribution is 5.97. The van der Waals surface area contributed by atoms with E-state index in [1.54, 1.807) is 6.07 Å². The second-order valence-electron chi connectivity index (χ2n) is 6.98. The molecule has 1 aromatic heterocycles. The predicted octanol–water partition coefficient (Wildman–Crippen LogP) is 3.32. The van der Waals surface area contributed by atoms with Gasteiger partial charge in [0.15, 0.2) is 5.76 Å². The van der Waals surface area contributed by atoms with Crippen LogP contribution >= 0.6 is 0 Å². The Labute approximate surface area is 123 Å². The molecule has 1 aromatic rings. The van der Waals surface area contributed by atoms with E-state index in [4.69, 9.17) is 4.42 Å². The summed E-state index contributed by atoms with van der Waals surface area (Å²) in [5.74, 6) is 2.86. The van der Waals surface area contributed by atoms with Gasteiger partial charge in [0.2, 0.25) is 11.5 Å². The molecule has 4 saturated carbocycles. The lowest BCUT2D eigenvalue weighted by Gasteiger charge is -2.53. The number of rotatable bonds is 3. The van der Waals surface area contributed by atoms with E-state index in [-0.39, 0.29) is 17.5 Å². The van der Waals surface area contributed by atoms with Gasteiger partial charge in [-0.1, -0.05) is 0 Å². The van der Waals surface area contributed by atoms with Gasteiger partial charge < -0.3 is 9.15 Å². The summed E-state index contributed by atoms with van der Waals surface area (Å²) in [5.41, 5.74) is 0. The predicted molar refractivity (Wildman–Crippen MR) is 74.9 cm³/mol. The second-order valence-corrected chi connectivity index (χ2v) is 6.98. The summed E-state index contributed by atoms with van der Waals surface area (Å²) in [6, 6.07) is 3.16. The fraction of sp³-hybridized carbons (Fsp3) is 0.647. The Kier molecular flexibility index (Phi) is 2.95. The molecule has 0 N–H and O–H groups in total. The number of carbonyl (C=O) groups excluding carboxylic acids is 2. The van der Waals surface area contributed by atoms with Crippen LogP contribution in [0.4, 0.5) is 0 Å². The van der Waals surface area contributed by atoms with E-state index in [0.29, 0.717) is 17.6 Å². The average Bonchev–Trinajstić information content (AvgIpc) is 2.95. The number of Topliss-reactive ketones (excluding diaryl/α,β-unsaturated/α-hetero) is 1. The first-order valence-corrected chi connectivity index (χ1v) is 7.88. The Bertz CT molecular complexity index is 557. The summed E-state index contributed by atoms with van der Waals surface area (Å²) >= 11 is 0. The highest BCUT2D eigenvalue weighted by atomic mass is 16.5. The number of hydrogen-bond acceptors (Lipinski definition) is 4. The lowest BCUT2D eigenvalue weighted by molar-refractivity contribution is -0.0261. The van der Waals surface area contributed by atoms with Gasteiger partial charge in [0, 0.05) is 5.92 Å². The molecular formula is C17H20O4. The fourth-order valence-corrected chi connectivity index (χ4v) is 5.20. The number of ketones is 1. The van der Waals surface area contributed by atoms with Crippen molar-refractivity contribution in [3.63, 3.8) is 0 Å². The third-order valence-electron chi connectivity index (χ3n) is 5.76. The fourth-order valence-electron chi connectivity index (χ4n) is 5.20. The Balaban J connectivity index is 1.57. The van der Waals surface area contributed by atoms with E-state index in [0.717, 1.165) is 11.8 Å². The molecule has 0 amide bonds. The van der Waals surface area contributed by atoms with Crippen LogP contribution in [-0.4, -0.2) is 18.9 Å². The summed E-state index contributed by atoms with van der Waals surface area (Å²) in [4.78, 5) is 24.3. The van der Waals surface area contributed by atoms with E-state index in [1.165, 1.54) is 45.3 Å². The van der Waals surface area contributed by atoms with Crippen LogP contribution < -0.4 is 0 Å². The maximum Gasteiger partial charge on any atom is 0.373 e. The first kappa shape index (κ1) is 13.1. The van der Waals surface area contributed by atoms with Gasteiger partial charge in [-0.25, -0.2) is 4.79 Å². The molecule has 112 valence electrons. The first-order valence-electron chi connectivity index (χ1n) is 7.88. The normalized spacial score (nSPS) is 36.7. The van der Waals surface area contributed by atoms with Gasteiger partial charge in [0.05, 0.1) is 7.11 Å². The number of hydrogen-bond donors (Lipinski definition) is 0. The van der Waals surface area contributed by atoms with Crippen LogP contribution in [0.1, 0.15) is 53.2 Å². The van der Waals surface area contributed by atoms with Crippen molar-refractivity contribution in [3.05, 3.63) is 23.7 Å². The SMILES string of the molecule is COC(=O)c1ccc(C(=O)C2C3CC4CC(C3)CC2C4)o1. The highest BCUT2D eigenvalue weighted by Gasteiger charge is 2.51. The van der Waals surface area contributed by atoms with Crippen LogP contribution in [0.15, 0.2) is 16.5 Å². The molecule has 1 heterocycles. The molecule has 4 fully saturated rings. The van der Waals surface area contributed by atoms with Gasteiger partial charge in [0.25, 0.3) is 0 Å². The minimum absolute atomic E-state index is 0.0963. The monoisotopic (exact) mass is 288 g/mol. The summed E-state index contributed by atoms with van der Waals surface area (Å²) in [6.07, 6.45) is 6.19. The van der Waals surface area contributed by atoms with Crippen molar-refractivity contribution in [1.82, 2.24) is 0 Å². The van der Waals surface area contributed by atoms with Crippen LogP contribution in [0.5, 0.6) is 0 Å². The maximum atomic E-state index is 12.8. The average molecular weight is 288 g/mol. The molecule has 0 saturated heterocycles. The quantitative estimate of drug-likeness (QED) is 0.632.